The highest BCUT2D eigenvalue weighted by Crippen LogP contribution is 2.30. The van der Waals surface area contributed by atoms with E-state index in [1.54, 1.807) is 24.4 Å². The Kier molecular flexibility index (Phi) is 5.66. The lowest BCUT2D eigenvalue weighted by atomic mass is 10.2. The molecule has 0 spiro atoms. The molecule has 0 aliphatic rings. The topological polar surface area (TPSA) is 106 Å². The van der Waals surface area contributed by atoms with Gasteiger partial charge < -0.3 is 5.32 Å². The molecule has 29 heavy (non-hydrogen) atoms. The van der Waals surface area contributed by atoms with E-state index in [4.69, 9.17) is 0 Å². The number of sulfonamides is 1. The van der Waals surface area contributed by atoms with Gasteiger partial charge in [-0.1, -0.05) is 6.07 Å². The molecule has 0 saturated carbocycles. The number of anilines is 1. The SMILES string of the molecule is O=C(CNS(=O)(=O)c1cccc(C(F)(F)F)c1)Nc1cccnc1-n1cccn1. The lowest BCUT2D eigenvalue weighted by molar-refractivity contribution is -0.137. The third-order valence-electron chi connectivity index (χ3n) is 3.68. The second-order valence-corrected chi connectivity index (χ2v) is 7.49. The Balaban J connectivity index is 1.70. The predicted molar refractivity (Wildman–Crippen MR) is 96.6 cm³/mol. The highest BCUT2D eigenvalue weighted by molar-refractivity contribution is 7.89. The van der Waals surface area contributed by atoms with Crippen molar-refractivity contribution in [1.29, 1.82) is 0 Å². The van der Waals surface area contributed by atoms with Gasteiger partial charge in [0.2, 0.25) is 15.9 Å². The second-order valence-electron chi connectivity index (χ2n) is 5.72. The fourth-order valence-electron chi connectivity index (χ4n) is 2.35. The van der Waals surface area contributed by atoms with Crippen LogP contribution in [-0.2, 0) is 21.0 Å². The molecule has 152 valence electrons. The number of hydrogen-bond donors (Lipinski definition) is 2. The molecule has 12 heteroatoms. The van der Waals surface area contributed by atoms with Crippen molar-refractivity contribution in [2.75, 3.05) is 11.9 Å². The fraction of sp³-hybridized carbons (Fsp3) is 0.118. The van der Waals surface area contributed by atoms with Gasteiger partial charge in [0.1, 0.15) is 0 Å². The third kappa shape index (κ3) is 4.97. The summed E-state index contributed by atoms with van der Waals surface area (Å²) >= 11 is 0. The molecule has 0 radical (unpaired) electrons. The van der Waals surface area contributed by atoms with Crippen molar-refractivity contribution in [1.82, 2.24) is 19.5 Å². The maximum absolute atomic E-state index is 12.8. The number of carbonyl (C=O) groups excluding carboxylic acids is 1. The molecule has 2 heterocycles. The molecule has 1 amide bonds. The van der Waals surface area contributed by atoms with E-state index in [9.17, 15) is 26.4 Å². The number of halogens is 3. The van der Waals surface area contributed by atoms with Gasteiger partial charge in [-0.2, -0.15) is 18.3 Å². The van der Waals surface area contributed by atoms with Gasteiger partial charge >= 0.3 is 6.18 Å². The van der Waals surface area contributed by atoms with E-state index in [0.29, 0.717) is 11.9 Å². The fourth-order valence-corrected chi connectivity index (χ4v) is 3.38. The van der Waals surface area contributed by atoms with Crippen LogP contribution in [0.25, 0.3) is 5.82 Å². The molecule has 2 aromatic heterocycles. The molecule has 3 rings (SSSR count). The number of hydrogen-bond acceptors (Lipinski definition) is 5. The van der Waals surface area contributed by atoms with E-state index in [1.807, 2.05) is 4.72 Å². The van der Waals surface area contributed by atoms with Crippen LogP contribution in [-0.4, -0.2) is 35.6 Å². The Morgan fingerprint density at radius 2 is 1.90 bits per heavy atom. The third-order valence-corrected chi connectivity index (χ3v) is 5.08. The molecular weight excluding hydrogens is 411 g/mol. The average Bonchev–Trinajstić information content (AvgIpc) is 3.21. The van der Waals surface area contributed by atoms with Crippen molar-refractivity contribution in [3.8, 4) is 5.82 Å². The van der Waals surface area contributed by atoms with Crippen LogP contribution in [0.2, 0.25) is 0 Å². The number of alkyl halides is 3. The van der Waals surface area contributed by atoms with Gasteiger partial charge in [-0.15, -0.1) is 0 Å². The highest BCUT2D eigenvalue weighted by Gasteiger charge is 2.31. The van der Waals surface area contributed by atoms with E-state index in [2.05, 4.69) is 15.4 Å². The van der Waals surface area contributed by atoms with Crippen molar-refractivity contribution in [3.63, 3.8) is 0 Å². The summed E-state index contributed by atoms with van der Waals surface area (Å²) in [4.78, 5) is 15.7. The van der Waals surface area contributed by atoms with Crippen LogP contribution in [0.15, 0.2) is 66.0 Å². The number of nitrogens with one attached hydrogen (secondary N) is 2. The zero-order valence-corrected chi connectivity index (χ0v) is 15.4. The number of aromatic nitrogens is 3. The molecule has 0 atom stereocenters. The number of amides is 1. The van der Waals surface area contributed by atoms with Crippen LogP contribution >= 0.6 is 0 Å². The number of nitrogens with zero attached hydrogens (tertiary/aromatic N) is 3. The monoisotopic (exact) mass is 425 g/mol. The lowest BCUT2D eigenvalue weighted by Gasteiger charge is -2.12. The zero-order chi connectivity index (χ0) is 21.1. The smallest absolute Gasteiger partial charge is 0.322 e. The summed E-state index contributed by atoms with van der Waals surface area (Å²) in [6, 6.07) is 8.00. The molecule has 1 aromatic carbocycles. The molecule has 3 aromatic rings. The van der Waals surface area contributed by atoms with Gasteiger partial charge in [0.05, 0.1) is 22.7 Å². The van der Waals surface area contributed by atoms with E-state index >= 15 is 0 Å². The number of benzene rings is 1. The van der Waals surface area contributed by atoms with Gasteiger partial charge in [0.15, 0.2) is 5.82 Å². The largest absolute Gasteiger partial charge is 0.416 e. The molecule has 0 bridgehead atoms. The van der Waals surface area contributed by atoms with Crippen LogP contribution in [0, 0.1) is 0 Å². The Morgan fingerprint density at radius 1 is 1.10 bits per heavy atom. The Hall–Kier alpha value is -3.25. The maximum atomic E-state index is 12.8. The lowest BCUT2D eigenvalue weighted by Crippen LogP contribution is -2.33. The summed E-state index contributed by atoms with van der Waals surface area (Å²) in [5.74, 6) is -0.423. The van der Waals surface area contributed by atoms with Crippen molar-refractivity contribution in [2.24, 2.45) is 0 Å². The minimum absolute atomic E-state index is 0.277. The first-order valence-corrected chi connectivity index (χ1v) is 9.57. The Labute approximate surface area is 163 Å². The first kappa shape index (κ1) is 20.5. The van der Waals surface area contributed by atoms with Crippen molar-refractivity contribution in [3.05, 3.63) is 66.6 Å². The second kappa shape index (κ2) is 8.01. The molecule has 0 saturated heterocycles. The number of carbonyl (C=O) groups is 1. The number of pyridine rings is 1. The molecule has 0 unspecified atom stereocenters. The molecule has 8 nitrogen and oxygen atoms in total. The van der Waals surface area contributed by atoms with E-state index < -0.39 is 39.1 Å². The summed E-state index contributed by atoms with van der Waals surface area (Å²) in [6.07, 6.45) is -0.0764. The quantitative estimate of drug-likeness (QED) is 0.630. The Bertz CT molecular complexity index is 1120. The Morgan fingerprint density at radius 3 is 2.59 bits per heavy atom. The van der Waals surface area contributed by atoms with Crippen LogP contribution in [0.3, 0.4) is 0 Å². The highest BCUT2D eigenvalue weighted by atomic mass is 32.2. The summed E-state index contributed by atoms with van der Waals surface area (Å²) < 4.78 is 66.2. The minimum atomic E-state index is -4.69. The first-order valence-electron chi connectivity index (χ1n) is 8.08. The molecule has 0 aliphatic carbocycles. The summed E-state index contributed by atoms with van der Waals surface area (Å²) in [5.41, 5.74) is -0.830. The van der Waals surface area contributed by atoms with Crippen molar-refractivity contribution < 1.29 is 26.4 Å². The van der Waals surface area contributed by atoms with E-state index in [0.717, 1.165) is 18.2 Å². The van der Waals surface area contributed by atoms with Gasteiger partial charge in [-0.3, -0.25) is 4.79 Å². The first-order chi connectivity index (χ1) is 13.7. The molecule has 0 fully saturated rings. The molecular formula is C17H14F3N5O3S. The summed E-state index contributed by atoms with van der Waals surface area (Å²) in [6.45, 7) is -0.688. The maximum Gasteiger partial charge on any atom is 0.416 e. The van der Waals surface area contributed by atoms with Crippen LogP contribution in [0.1, 0.15) is 5.56 Å². The van der Waals surface area contributed by atoms with Gasteiger partial charge in [0.25, 0.3) is 0 Å². The van der Waals surface area contributed by atoms with Crippen LogP contribution < -0.4 is 10.0 Å². The van der Waals surface area contributed by atoms with Crippen LogP contribution in [0.4, 0.5) is 18.9 Å². The summed E-state index contributed by atoms with van der Waals surface area (Å²) in [7, 11) is -4.33. The normalized spacial score (nSPS) is 12.0. The standard InChI is InChI=1S/C17H14F3N5O3S/c18-17(19,20)12-4-1-5-13(10-12)29(27,28)23-11-15(26)24-14-6-2-7-21-16(14)25-9-3-8-22-25/h1-10,23H,11H2,(H,24,26). The zero-order valence-electron chi connectivity index (χ0n) is 14.6. The predicted octanol–water partition coefficient (Wildman–Crippen LogP) is 2.20. The average molecular weight is 425 g/mol. The number of rotatable bonds is 6. The minimum Gasteiger partial charge on any atom is -0.322 e. The van der Waals surface area contributed by atoms with Crippen molar-refractivity contribution >= 4 is 21.6 Å². The molecule has 0 aliphatic heterocycles. The van der Waals surface area contributed by atoms with E-state index in [-0.39, 0.29) is 5.69 Å². The van der Waals surface area contributed by atoms with E-state index in [1.165, 1.54) is 17.1 Å². The van der Waals surface area contributed by atoms with Gasteiger partial charge in [-0.25, -0.2) is 22.8 Å². The van der Waals surface area contributed by atoms with Gasteiger partial charge in [0, 0.05) is 18.6 Å². The van der Waals surface area contributed by atoms with Crippen molar-refractivity contribution in [2.45, 2.75) is 11.1 Å². The summed E-state index contributed by atoms with van der Waals surface area (Å²) in [5, 5.41) is 6.50. The van der Waals surface area contributed by atoms with Crippen LogP contribution in [0.5, 0.6) is 0 Å². The molecule has 2 N–H and O–H groups in total. The van der Waals surface area contributed by atoms with Gasteiger partial charge in [-0.05, 0) is 36.4 Å².